The Labute approximate surface area is 145 Å². The molecule has 0 aliphatic carbocycles. The lowest BCUT2D eigenvalue weighted by Crippen LogP contribution is -2.51. The van der Waals surface area contributed by atoms with Crippen molar-refractivity contribution in [2.24, 2.45) is 5.92 Å². The summed E-state index contributed by atoms with van der Waals surface area (Å²) >= 11 is 1.68. The molecule has 4 nitrogen and oxygen atoms in total. The molecule has 0 unspecified atom stereocenters. The maximum atomic E-state index is 10.9. The van der Waals surface area contributed by atoms with Gasteiger partial charge in [0.15, 0.2) is 0 Å². The fourth-order valence-corrected chi connectivity index (χ4v) is 4.36. The van der Waals surface area contributed by atoms with Crippen molar-refractivity contribution in [3.8, 4) is 0 Å². The van der Waals surface area contributed by atoms with Gasteiger partial charge in [0.2, 0.25) is 0 Å². The molecule has 0 saturated carbocycles. The van der Waals surface area contributed by atoms with Crippen molar-refractivity contribution in [1.29, 1.82) is 0 Å². The first kappa shape index (κ1) is 15.5. The lowest BCUT2D eigenvalue weighted by Gasteiger charge is -2.43. The van der Waals surface area contributed by atoms with Gasteiger partial charge in [0.25, 0.3) is 0 Å². The highest BCUT2D eigenvalue weighted by Gasteiger charge is 2.38. The molecule has 3 aromatic rings. The summed E-state index contributed by atoms with van der Waals surface area (Å²) in [6.45, 7) is 3.60. The molecule has 0 bridgehead atoms. The number of anilines is 1. The van der Waals surface area contributed by atoms with Gasteiger partial charge in [-0.2, -0.15) is 0 Å². The summed E-state index contributed by atoms with van der Waals surface area (Å²) < 4.78 is 1.14. The van der Waals surface area contributed by atoms with E-state index in [0.29, 0.717) is 0 Å². The Morgan fingerprint density at radius 3 is 2.92 bits per heavy atom. The van der Waals surface area contributed by atoms with Gasteiger partial charge in [-0.1, -0.05) is 30.3 Å². The third-order valence-corrected chi connectivity index (χ3v) is 5.96. The lowest BCUT2D eigenvalue weighted by molar-refractivity contribution is -0.0167. The largest absolute Gasteiger partial charge is 0.390 e. The van der Waals surface area contributed by atoms with Crippen LogP contribution in [0.15, 0.2) is 48.1 Å². The smallest absolute Gasteiger partial charge is 0.150 e. The normalized spacial score (nSPS) is 24.4. The van der Waals surface area contributed by atoms with Crippen LogP contribution < -0.4 is 4.90 Å². The van der Waals surface area contributed by atoms with Gasteiger partial charge in [-0.15, -0.1) is 11.3 Å². The molecule has 1 aliphatic rings. The first-order valence-corrected chi connectivity index (χ1v) is 9.21. The average molecular weight is 339 g/mol. The summed E-state index contributed by atoms with van der Waals surface area (Å²) in [6, 6.07) is 12.5. The minimum absolute atomic E-state index is 0.179. The van der Waals surface area contributed by atoms with E-state index in [1.165, 1.54) is 5.56 Å². The van der Waals surface area contributed by atoms with E-state index in [-0.39, 0.29) is 5.92 Å². The van der Waals surface area contributed by atoms with Gasteiger partial charge in [0.05, 0.1) is 15.8 Å². The van der Waals surface area contributed by atoms with E-state index in [9.17, 15) is 5.11 Å². The highest BCUT2D eigenvalue weighted by molar-refractivity contribution is 7.17. The number of piperidine rings is 1. The summed E-state index contributed by atoms with van der Waals surface area (Å²) in [5.41, 5.74) is 1.63. The Kier molecular flexibility index (Phi) is 3.98. The Balaban J connectivity index is 1.62. The third-order valence-electron chi connectivity index (χ3n) is 5.06. The summed E-state index contributed by atoms with van der Waals surface area (Å²) in [4.78, 5) is 11.2. The molecule has 0 amide bonds. The molecular weight excluding hydrogens is 318 g/mol. The van der Waals surface area contributed by atoms with Crippen molar-refractivity contribution < 1.29 is 5.11 Å². The van der Waals surface area contributed by atoms with Gasteiger partial charge in [0, 0.05) is 19.0 Å². The molecular formula is C19H21N3OS. The van der Waals surface area contributed by atoms with Gasteiger partial charge in [-0.25, -0.2) is 9.97 Å². The van der Waals surface area contributed by atoms with Gasteiger partial charge in [-0.05, 0) is 36.8 Å². The molecule has 4 rings (SSSR count). The molecule has 1 aliphatic heterocycles. The third kappa shape index (κ3) is 2.89. The minimum Gasteiger partial charge on any atom is -0.390 e. The number of thiophene rings is 1. The van der Waals surface area contributed by atoms with Gasteiger partial charge in [-0.3, -0.25) is 0 Å². The molecule has 124 valence electrons. The zero-order valence-electron chi connectivity index (χ0n) is 13.7. The van der Waals surface area contributed by atoms with Crippen molar-refractivity contribution in [3.63, 3.8) is 0 Å². The number of aliphatic hydroxyl groups is 1. The van der Waals surface area contributed by atoms with Crippen LogP contribution in [-0.4, -0.2) is 33.8 Å². The van der Waals surface area contributed by atoms with Crippen molar-refractivity contribution in [1.82, 2.24) is 9.97 Å². The Hall–Kier alpha value is -1.98. The maximum Gasteiger partial charge on any atom is 0.150 e. The van der Waals surface area contributed by atoms with Crippen LogP contribution in [-0.2, 0) is 6.42 Å². The fraction of sp³-hybridized carbons (Fsp3) is 0.368. The Morgan fingerprint density at radius 2 is 2.08 bits per heavy atom. The summed E-state index contributed by atoms with van der Waals surface area (Å²) in [6.07, 6.45) is 3.27. The molecule has 3 heterocycles. The van der Waals surface area contributed by atoms with E-state index in [4.69, 9.17) is 0 Å². The summed E-state index contributed by atoms with van der Waals surface area (Å²) in [7, 11) is 0. The van der Waals surface area contributed by atoms with E-state index >= 15 is 0 Å². The lowest BCUT2D eigenvalue weighted by atomic mass is 9.79. The van der Waals surface area contributed by atoms with Crippen LogP contribution in [0.2, 0.25) is 0 Å². The molecule has 1 saturated heterocycles. The van der Waals surface area contributed by atoms with Crippen LogP contribution in [0.5, 0.6) is 0 Å². The van der Waals surface area contributed by atoms with Crippen LogP contribution in [0.1, 0.15) is 18.9 Å². The molecule has 2 aromatic heterocycles. The molecule has 0 spiro atoms. The molecule has 1 fully saturated rings. The predicted molar refractivity (Wildman–Crippen MR) is 98.5 cm³/mol. The summed E-state index contributed by atoms with van der Waals surface area (Å²) in [5, 5.41) is 12.9. The van der Waals surface area contributed by atoms with Crippen LogP contribution in [0.3, 0.4) is 0 Å². The highest BCUT2D eigenvalue weighted by Crippen LogP contribution is 2.35. The second-order valence-electron chi connectivity index (χ2n) is 6.77. The summed E-state index contributed by atoms with van der Waals surface area (Å²) in [5.74, 6) is 1.18. The Morgan fingerprint density at radius 1 is 1.25 bits per heavy atom. The highest BCUT2D eigenvalue weighted by atomic mass is 32.1. The average Bonchev–Trinajstić information content (AvgIpc) is 3.06. The molecule has 0 radical (unpaired) electrons. The van der Waals surface area contributed by atoms with E-state index < -0.39 is 5.60 Å². The van der Waals surface area contributed by atoms with Crippen LogP contribution in [0.4, 0.5) is 5.82 Å². The minimum atomic E-state index is -0.645. The van der Waals surface area contributed by atoms with Crippen LogP contribution in [0.25, 0.3) is 10.2 Å². The molecule has 5 heteroatoms. The quantitative estimate of drug-likeness (QED) is 0.793. The van der Waals surface area contributed by atoms with Gasteiger partial charge < -0.3 is 10.0 Å². The zero-order chi connectivity index (χ0) is 16.6. The fourth-order valence-electron chi connectivity index (χ4n) is 3.50. The monoisotopic (exact) mass is 339 g/mol. The predicted octanol–water partition coefficient (Wildman–Crippen LogP) is 3.51. The van der Waals surface area contributed by atoms with E-state index in [0.717, 1.165) is 42.0 Å². The molecule has 2 atom stereocenters. The molecule has 24 heavy (non-hydrogen) atoms. The number of hydrogen-bond acceptors (Lipinski definition) is 5. The Bertz CT molecular complexity index is 831. The number of hydrogen-bond donors (Lipinski definition) is 1. The zero-order valence-corrected chi connectivity index (χ0v) is 14.5. The number of fused-ring (bicyclic) bond motifs is 1. The number of benzene rings is 1. The second kappa shape index (κ2) is 6.15. The van der Waals surface area contributed by atoms with E-state index in [2.05, 4.69) is 44.5 Å². The number of aromatic nitrogens is 2. The van der Waals surface area contributed by atoms with Crippen molar-refractivity contribution in [2.75, 3.05) is 18.0 Å². The van der Waals surface area contributed by atoms with Crippen molar-refractivity contribution in [3.05, 3.63) is 53.7 Å². The van der Waals surface area contributed by atoms with Crippen molar-refractivity contribution in [2.45, 2.75) is 25.4 Å². The SMILES string of the molecule is C[C@@]1(O)CCN(c2ncnc3ccsc23)C[C@@H]1Cc1ccccc1. The maximum absolute atomic E-state index is 10.9. The van der Waals surface area contributed by atoms with E-state index in [1.807, 2.05) is 19.1 Å². The first-order chi connectivity index (χ1) is 11.6. The number of nitrogens with zero attached hydrogens (tertiary/aromatic N) is 3. The molecule has 1 aromatic carbocycles. The topological polar surface area (TPSA) is 49.2 Å². The van der Waals surface area contributed by atoms with Crippen LogP contribution in [0, 0.1) is 5.92 Å². The molecule has 1 N–H and O–H groups in total. The second-order valence-corrected chi connectivity index (χ2v) is 7.69. The number of rotatable bonds is 3. The first-order valence-electron chi connectivity index (χ1n) is 8.33. The van der Waals surface area contributed by atoms with Gasteiger partial charge in [0.1, 0.15) is 12.1 Å². The van der Waals surface area contributed by atoms with Crippen molar-refractivity contribution >= 4 is 27.4 Å². The van der Waals surface area contributed by atoms with Crippen LogP contribution >= 0.6 is 11.3 Å². The van der Waals surface area contributed by atoms with Gasteiger partial charge >= 0.3 is 0 Å². The van der Waals surface area contributed by atoms with E-state index in [1.54, 1.807) is 17.7 Å². The standard InChI is InChI=1S/C19H21N3OS/c1-19(23)8-9-22(12-15(19)11-14-5-3-2-4-6-14)18-17-16(7-10-24-17)20-13-21-18/h2-7,10,13,15,23H,8-9,11-12H2,1H3/t15-,19+/m0/s1.